The van der Waals surface area contributed by atoms with E-state index >= 15 is 0 Å². The van der Waals surface area contributed by atoms with Gasteiger partial charge in [0.05, 0.1) is 36.0 Å². The standard InChI is InChI=1S/C23H23NO7/c1-22(30-7-4-8-31-22)23(24)9-13-15(14(25)10-23)21(29)17-16(20(13)28)18(26)11-5-2-3-6-12(11)19(17)27/h2-3,5-6,14,25,28-29H,4,7-10,24H2,1H3. The summed E-state index contributed by atoms with van der Waals surface area (Å²) in [7, 11) is 0. The molecule has 0 radical (unpaired) electrons. The van der Waals surface area contributed by atoms with Crippen LogP contribution in [0.25, 0.3) is 0 Å². The molecule has 1 aliphatic heterocycles. The maximum atomic E-state index is 13.2. The second kappa shape index (κ2) is 6.61. The number of aromatic hydroxyl groups is 2. The summed E-state index contributed by atoms with van der Waals surface area (Å²) in [5, 5.41) is 33.0. The maximum absolute atomic E-state index is 13.2. The molecule has 2 aliphatic carbocycles. The first-order valence-corrected chi connectivity index (χ1v) is 10.2. The molecule has 8 nitrogen and oxygen atoms in total. The van der Waals surface area contributed by atoms with Crippen LogP contribution in [0.5, 0.6) is 11.5 Å². The zero-order chi connectivity index (χ0) is 22.1. The van der Waals surface area contributed by atoms with Gasteiger partial charge in [0.2, 0.25) is 0 Å². The summed E-state index contributed by atoms with van der Waals surface area (Å²) in [5.41, 5.74) is 5.28. The maximum Gasteiger partial charge on any atom is 0.198 e. The van der Waals surface area contributed by atoms with Crippen molar-refractivity contribution < 1.29 is 34.4 Å². The Bertz CT molecular complexity index is 1140. The molecule has 31 heavy (non-hydrogen) atoms. The molecular formula is C23H23NO7. The molecule has 2 aromatic rings. The molecule has 1 heterocycles. The van der Waals surface area contributed by atoms with Crippen molar-refractivity contribution in [2.75, 3.05) is 13.2 Å². The van der Waals surface area contributed by atoms with Gasteiger partial charge in [0.15, 0.2) is 17.4 Å². The number of nitrogens with two attached hydrogens (primary N) is 1. The van der Waals surface area contributed by atoms with E-state index < -0.39 is 40.5 Å². The number of hydrogen-bond donors (Lipinski definition) is 4. The van der Waals surface area contributed by atoms with Crippen LogP contribution in [-0.2, 0) is 15.9 Å². The number of benzene rings is 2. The molecule has 2 aromatic carbocycles. The predicted octanol–water partition coefficient (Wildman–Crippen LogP) is 1.70. The van der Waals surface area contributed by atoms with Gasteiger partial charge in [0.25, 0.3) is 0 Å². The van der Waals surface area contributed by atoms with E-state index in [2.05, 4.69) is 0 Å². The third-order valence-electron chi connectivity index (χ3n) is 6.79. The van der Waals surface area contributed by atoms with Crippen LogP contribution in [-0.4, -0.2) is 51.4 Å². The molecule has 0 bridgehead atoms. The molecular weight excluding hydrogens is 402 g/mol. The number of rotatable bonds is 1. The quantitative estimate of drug-likeness (QED) is 0.432. The fourth-order valence-electron chi connectivity index (χ4n) is 5.02. The second-order valence-corrected chi connectivity index (χ2v) is 8.59. The van der Waals surface area contributed by atoms with E-state index in [0.29, 0.717) is 19.6 Å². The van der Waals surface area contributed by atoms with Crippen molar-refractivity contribution in [3.05, 3.63) is 57.6 Å². The van der Waals surface area contributed by atoms with Crippen LogP contribution >= 0.6 is 0 Å². The molecule has 162 valence electrons. The predicted molar refractivity (Wildman–Crippen MR) is 108 cm³/mol. The van der Waals surface area contributed by atoms with E-state index in [1.54, 1.807) is 19.1 Å². The highest BCUT2D eigenvalue weighted by Gasteiger charge is 2.54. The smallest absolute Gasteiger partial charge is 0.198 e. The van der Waals surface area contributed by atoms with E-state index in [4.69, 9.17) is 15.2 Å². The Morgan fingerprint density at radius 2 is 1.55 bits per heavy atom. The highest BCUT2D eigenvalue weighted by Crippen LogP contribution is 2.52. The lowest BCUT2D eigenvalue weighted by molar-refractivity contribution is -0.294. The van der Waals surface area contributed by atoms with Gasteiger partial charge in [-0.1, -0.05) is 24.3 Å². The fourth-order valence-corrected chi connectivity index (χ4v) is 5.02. The van der Waals surface area contributed by atoms with E-state index in [1.165, 1.54) is 12.1 Å². The average molecular weight is 425 g/mol. The molecule has 5 N–H and O–H groups in total. The number of phenols is 2. The highest BCUT2D eigenvalue weighted by molar-refractivity contribution is 6.30. The molecule has 0 spiro atoms. The Balaban J connectivity index is 1.71. The third kappa shape index (κ3) is 2.62. The van der Waals surface area contributed by atoms with Crippen molar-refractivity contribution in [1.29, 1.82) is 0 Å². The largest absolute Gasteiger partial charge is 0.507 e. The molecule has 5 rings (SSSR count). The van der Waals surface area contributed by atoms with Crippen LogP contribution in [0, 0.1) is 0 Å². The number of carbonyl (C=O) groups excluding carboxylic acids is 2. The summed E-state index contributed by atoms with van der Waals surface area (Å²) in [6, 6.07) is 6.24. The van der Waals surface area contributed by atoms with Gasteiger partial charge in [0.1, 0.15) is 11.5 Å². The number of aliphatic hydroxyl groups is 1. The number of phenolic OH excluding ortho intramolecular Hbond substituents is 2. The van der Waals surface area contributed by atoms with Crippen molar-refractivity contribution in [2.24, 2.45) is 5.73 Å². The van der Waals surface area contributed by atoms with Crippen LogP contribution in [0.4, 0.5) is 0 Å². The monoisotopic (exact) mass is 425 g/mol. The van der Waals surface area contributed by atoms with Crippen LogP contribution in [0.1, 0.15) is 68.8 Å². The Kier molecular flexibility index (Phi) is 4.29. The minimum atomic E-state index is -1.30. The second-order valence-electron chi connectivity index (χ2n) is 8.59. The van der Waals surface area contributed by atoms with Gasteiger partial charge in [-0.25, -0.2) is 0 Å². The molecule has 2 atom stereocenters. The molecule has 0 aromatic heterocycles. The lowest BCUT2D eigenvalue weighted by Gasteiger charge is -2.50. The van der Waals surface area contributed by atoms with Crippen LogP contribution in [0.3, 0.4) is 0 Å². The number of fused-ring (bicyclic) bond motifs is 3. The average Bonchev–Trinajstić information content (AvgIpc) is 2.74. The minimum Gasteiger partial charge on any atom is -0.507 e. The number of carbonyl (C=O) groups is 2. The molecule has 1 fully saturated rings. The number of ether oxygens (including phenoxy) is 2. The fraction of sp³-hybridized carbons (Fsp3) is 0.391. The molecule has 0 saturated carbocycles. The van der Waals surface area contributed by atoms with Crippen molar-refractivity contribution >= 4 is 11.6 Å². The first-order chi connectivity index (χ1) is 14.7. The van der Waals surface area contributed by atoms with Gasteiger partial charge in [-0.05, 0) is 19.8 Å². The van der Waals surface area contributed by atoms with Crippen molar-refractivity contribution in [1.82, 2.24) is 0 Å². The first-order valence-electron chi connectivity index (χ1n) is 10.2. The summed E-state index contributed by atoms with van der Waals surface area (Å²) in [5.74, 6) is -3.33. The Hall–Kier alpha value is -2.78. The molecule has 3 aliphatic rings. The van der Waals surface area contributed by atoms with Crippen LogP contribution < -0.4 is 5.73 Å². The van der Waals surface area contributed by atoms with Crippen LogP contribution in [0.2, 0.25) is 0 Å². The van der Waals surface area contributed by atoms with Gasteiger partial charge in [0, 0.05) is 28.7 Å². The summed E-state index contributed by atoms with van der Waals surface area (Å²) in [6.45, 7) is 2.55. The minimum absolute atomic E-state index is 0.0114. The summed E-state index contributed by atoms with van der Waals surface area (Å²) in [4.78, 5) is 26.2. The Labute approximate surface area is 178 Å². The molecule has 8 heteroatoms. The Morgan fingerprint density at radius 1 is 1.00 bits per heavy atom. The topological polar surface area (TPSA) is 139 Å². The van der Waals surface area contributed by atoms with E-state index in [1.807, 2.05) is 0 Å². The van der Waals surface area contributed by atoms with E-state index in [9.17, 15) is 24.9 Å². The zero-order valence-corrected chi connectivity index (χ0v) is 17.0. The lowest BCUT2D eigenvalue weighted by Crippen LogP contribution is -2.66. The summed E-state index contributed by atoms with van der Waals surface area (Å²) >= 11 is 0. The lowest BCUT2D eigenvalue weighted by atomic mass is 9.69. The van der Waals surface area contributed by atoms with Gasteiger partial charge >= 0.3 is 0 Å². The molecule has 2 unspecified atom stereocenters. The first kappa shape index (κ1) is 20.1. The number of aliphatic hydroxyl groups excluding tert-OH is 1. The zero-order valence-electron chi connectivity index (χ0n) is 17.0. The molecule has 1 saturated heterocycles. The Morgan fingerprint density at radius 3 is 2.13 bits per heavy atom. The van der Waals surface area contributed by atoms with Gasteiger partial charge in [-0.2, -0.15) is 0 Å². The van der Waals surface area contributed by atoms with Gasteiger partial charge in [-0.3, -0.25) is 9.59 Å². The summed E-state index contributed by atoms with van der Waals surface area (Å²) < 4.78 is 11.6. The SMILES string of the molecule is CC1(C2(N)Cc3c(O)c4c(c(O)c3C(O)C2)C(=O)c2ccccc2C4=O)OCCCO1. The third-order valence-corrected chi connectivity index (χ3v) is 6.79. The van der Waals surface area contributed by atoms with Crippen LogP contribution in [0.15, 0.2) is 24.3 Å². The van der Waals surface area contributed by atoms with E-state index in [0.717, 1.165) is 0 Å². The highest BCUT2D eigenvalue weighted by atomic mass is 16.7. The van der Waals surface area contributed by atoms with Crippen molar-refractivity contribution in [2.45, 2.75) is 43.6 Å². The van der Waals surface area contributed by atoms with E-state index in [-0.39, 0.29) is 46.2 Å². The van der Waals surface area contributed by atoms with Crippen molar-refractivity contribution in [3.8, 4) is 11.5 Å². The number of ketones is 2. The van der Waals surface area contributed by atoms with Crippen molar-refractivity contribution in [3.63, 3.8) is 0 Å². The van der Waals surface area contributed by atoms with Gasteiger partial charge in [-0.15, -0.1) is 0 Å². The summed E-state index contributed by atoms with van der Waals surface area (Å²) in [6.07, 6.45) is -0.636. The van der Waals surface area contributed by atoms with Gasteiger partial charge < -0.3 is 30.5 Å². The molecule has 0 amide bonds. The number of hydrogen-bond acceptors (Lipinski definition) is 8. The normalized spacial score (nSPS) is 26.7.